The molecule has 3 N–H and O–H groups in total. The molecule has 0 aliphatic heterocycles. The summed E-state index contributed by atoms with van der Waals surface area (Å²) in [6, 6.07) is 7.89. The van der Waals surface area contributed by atoms with Crippen LogP contribution in [0.1, 0.15) is 51.6 Å². The second kappa shape index (κ2) is 6.76. The minimum absolute atomic E-state index is 0.0854. The summed E-state index contributed by atoms with van der Waals surface area (Å²) >= 11 is 0. The quantitative estimate of drug-likeness (QED) is 0.783. The van der Waals surface area contributed by atoms with Gasteiger partial charge in [0.1, 0.15) is 12.4 Å². The van der Waals surface area contributed by atoms with Crippen LogP contribution in [0, 0.1) is 0 Å². The molecule has 1 aromatic rings. The maximum atomic E-state index is 10.1. The summed E-state index contributed by atoms with van der Waals surface area (Å²) in [5.74, 6) is 0.780. The van der Waals surface area contributed by atoms with Gasteiger partial charge in [0.25, 0.3) is 0 Å². The molecular weight excluding hydrogens is 226 g/mol. The Bertz CT molecular complexity index is 344. The van der Waals surface area contributed by atoms with Crippen molar-refractivity contribution in [1.82, 2.24) is 0 Å². The first-order chi connectivity index (χ1) is 8.54. The van der Waals surface area contributed by atoms with Gasteiger partial charge in [-0.2, -0.15) is 0 Å². The first kappa shape index (κ1) is 15.0. The second-order valence-electron chi connectivity index (χ2n) is 4.80. The Morgan fingerprint density at radius 2 is 1.72 bits per heavy atom. The Balaban J connectivity index is 2.59. The van der Waals surface area contributed by atoms with E-state index in [1.165, 1.54) is 0 Å². The minimum Gasteiger partial charge on any atom is -0.491 e. The maximum Gasteiger partial charge on any atom is 0.119 e. The molecule has 1 aromatic carbocycles. The fourth-order valence-electron chi connectivity index (χ4n) is 1.72. The van der Waals surface area contributed by atoms with Gasteiger partial charge in [-0.3, -0.25) is 0 Å². The Kier molecular flexibility index (Phi) is 5.63. The molecule has 0 fully saturated rings. The summed E-state index contributed by atoms with van der Waals surface area (Å²) in [5.41, 5.74) is 6.34. The Morgan fingerprint density at radius 1 is 1.17 bits per heavy atom. The van der Waals surface area contributed by atoms with Gasteiger partial charge in [-0.1, -0.05) is 32.9 Å². The van der Waals surface area contributed by atoms with Gasteiger partial charge < -0.3 is 15.6 Å². The lowest BCUT2D eigenvalue weighted by Gasteiger charge is -2.25. The van der Waals surface area contributed by atoms with Gasteiger partial charge >= 0.3 is 0 Å². The molecule has 0 unspecified atom stereocenters. The van der Waals surface area contributed by atoms with Crippen LogP contribution in [-0.2, 0) is 0 Å². The van der Waals surface area contributed by atoms with Gasteiger partial charge in [-0.15, -0.1) is 0 Å². The fraction of sp³-hybridized carbons (Fsp3) is 0.600. The molecule has 1 rings (SSSR count). The van der Waals surface area contributed by atoms with Gasteiger partial charge in [0.05, 0.1) is 5.60 Å². The van der Waals surface area contributed by atoms with Crippen molar-refractivity contribution >= 4 is 0 Å². The molecule has 0 aromatic heterocycles. The molecule has 1 atom stereocenters. The van der Waals surface area contributed by atoms with E-state index in [-0.39, 0.29) is 6.04 Å². The number of aliphatic hydroxyl groups is 1. The third-order valence-corrected chi connectivity index (χ3v) is 3.57. The molecule has 0 amide bonds. The molecule has 0 aliphatic rings. The summed E-state index contributed by atoms with van der Waals surface area (Å²) in [6.45, 7) is 6.34. The van der Waals surface area contributed by atoms with E-state index in [2.05, 4.69) is 6.92 Å². The first-order valence-electron chi connectivity index (χ1n) is 6.75. The number of hydrogen-bond donors (Lipinski definition) is 2. The molecule has 0 radical (unpaired) electrons. The summed E-state index contributed by atoms with van der Waals surface area (Å²) in [6.07, 6.45) is 2.32. The number of rotatable bonds is 7. The standard InChI is InChI=1S/C15H25NO2/c1-4-14(16)12-7-9-13(10-8-12)18-11-15(17,5-2)6-3/h7-10,14,17H,4-6,11,16H2,1-3H3/t14-/m1/s1. The monoisotopic (exact) mass is 251 g/mol. The van der Waals surface area contributed by atoms with Crippen LogP contribution in [0.3, 0.4) is 0 Å². The van der Waals surface area contributed by atoms with Crippen molar-refractivity contribution in [3.05, 3.63) is 29.8 Å². The average molecular weight is 251 g/mol. The fourth-order valence-corrected chi connectivity index (χ4v) is 1.72. The summed E-state index contributed by atoms with van der Waals surface area (Å²) in [5, 5.41) is 10.1. The van der Waals surface area contributed by atoms with Gasteiger partial charge in [-0.05, 0) is 37.0 Å². The summed E-state index contributed by atoms with van der Waals surface area (Å²) in [4.78, 5) is 0. The lowest BCUT2D eigenvalue weighted by Crippen LogP contribution is -2.34. The lowest BCUT2D eigenvalue weighted by molar-refractivity contribution is -0.0113. The highest BCUT2D eigenvalue weighted by atomic mass is 16.5. The minimum atomic E-state index is -0.724. The zero-order valence-corrected chi connectivity index (χ0v) is 11.6. The number of hydrogen-bond acceptors (Lipinski definition) is 3. The number of benzene rings is 1. The van der Waals surface area contributed by atoms with Crippen LogP contribution in [0.15, 0.2) is 24.3 Å². The zero-order chi connectivity index (χ0) is 13.6. The molecule has 0 aliphatic carbocycles. The number of nitrogens with two attached hydrogens (primary N) is 1. The smallest absolute Gasteiger partial charge is 0.119 e. The van der Waals surface area contributed by atoms with Crippen LogP contribution >= 0.6 is 0 Å². The third kappa shape index (κ3) is 4.00. The summed E-state index contributed by atoms with van der Waals surface area (Å²) in [7, 11) is 0. The Morgan fingerprint density at radius 3 is 2.17 bits per heavy atom. The molecule has 0 spiro atoms. The van der Waals surface area contributed by atoms with Crippen molar-refractivity contribution in [3.8, 4) is 5.75 Å². The van der Waals surface area contributed by atoms with Gasteiger partial charge in [0, 0.05) is 6.04 Å². The molecular formula is C15H25NO2. The predicted octanol–water partition coefficient (Wildman–Crippen LogP) is 3.03. The zero-order valence-electron chi connectivity index (χ0n) is 11.6. The molecule has 0 saturated carbocycles. The van der Waals surface area contributed by atoms with Gasteiger partial charge in [0.2, 0.25) is 0 Å². The molecule has 0 heterocycles. The van der Waals surface area contributed by atoms with Gasteiger partial charge in [-0.25, -0.2) is 0 Å². The highest BCUT2D eigenvalue weighted by Crippen LogP contribution is 2.21. The van der Waals surface area contributed by atoms with Crippen molar-refractivity contribution < 1.29 is 9.84 Å². The van der Waals surface area contributed by atoms with E-state index in [0.717, 1.165) is 17.7 Å². The maximum absolute atomic E-state index is 10.1. The summed E-state index contributed by atoms with van der Waals surface area (Å²) < 4.78 is 5.63. The highest BCUT2D eigenvalue weighted by Gasteiger charge is 2.22. The molecule has 0 bridgehead atoms. The van der Waals surface area contributed by atoms with E-state index >= 15 is 0 Å². The van der Waals surface area contributed by atoms with Crippen LogP contribution in [0.2, 0.25) is 0 Å². The SMILES string of the molecule is CC[C@@H](N)c1ccc(OCC(O)(CC)CC)cc1. The van der Waals surface area contributed by atoms with Crippen LogP contribution < -0.4 is 10.5 Å². The van der Waals surface area contributed by atoms with E-state index in [0.29, 0.717) is 19.4 Å². The third-order valence-electron chi connectivity index (χ3n) is 3.57. The van der Waals surface area contributed by atoms with Crippen molar-refractivity contribution in [1.29, 1.82) is 0 Å². The molecule has 18 heavy (non-hydrogen) atoms. The van der Waals surface area contributed by atoms with Crippen molar-refractivity contribution in [2.24, 2.45) is 5.73 Å². The Hall–Kier alpha value is -1.06. The van der Waals surface area contributed by atoms with Crippen LogP contribution in [0.25, 0.3) is 0 Å². The van der Waals surface area contributed by atoms with E-state index in [9.17, 15) is 5.11 Å². The molecule has 3 nitrogen and oxygen atoms in total. The number of ether oxygens (including phenoxy) is 1. The lowest BCUT2D eigenvalue weighted by atomic mass is 9.99. The molecule has 3 heteroatoms. The second-order valence-corrected chi connectivity index (χ2v) is 4.80. The molecule has 102 valence electrons. The van der Waals surface area contributed by atoms with E-state index in [4.69, 9.17) is 10.5 Å². The van der Waals surface area contributed by atoms with E-state index in [1.807, 2.05) is 38.1 Å². The van der Waals surface area contributed by atoms with Gasteiger partial charge in [0.15, 0.2) is 0 Å². The van der Waals surface area contributed by atoms with E-state index in [1.54, 1.807) is 0 Å². The van der Waals surface area contributed by atoms with Crippen molar-refractivity contribution in [3.63, 3.8) is 0 Å². The normalized spacial score (nSPS) is 13.4. The highest BCUT2D eigenvalue weighted by molar-refractivity contribution is 5.29. The predicted molar refractivity (Wildman–Crippen MR) is 74.7 cm³/mol. The van der Waals surface area contributed by atoms with Crippen molar-refractivity contribution in [2.45, 2.75) is 51.7 Å². The van der Waals surface area contributed by atoms with Crippen LogP contribution in [0.5, 0.6) is 5.75 Å². The van der Waals surface area contributed by atoms with Crippen LogP contribution in [0.4, 0.5) is 0 Å². The average Bonchev–Trinajstić information content (AvgIpc) is 2.44. The van der Waals surface area contributed by atoms with Crippen molar-refractivity contribution in [2.75, 3.05) is 6.61 Å². The van der Waals surface area contributed by atoms with E-state index < -0.39 is 5.60 Å². The molecule has 0 saturated heterocycles. The topological polar surface area (TPSA) is 55.5 Å². The largest absolute Gasteiger partial charge is 0.491 e. The Labute approximate surface area is 110 Å². The van der Waals surface area contributed by atoms with Crippen LogP contribution in [-0.4, -0.2) is 17.3 Å². The first-order valence-corrected chi connectivity index (χ1v) is 6.75.